The molecule has 72 valence electrons. The summed E-state index contributed by atoms with van der Waals surface area (Å²) in [7, 11) is 2.14. The van der Waals surface area contributed by atoms with Crippen molar-refractivity contribution in [2.45, 2.75) is 32.9 Å². The summed E-state index contributed by atoms with van der Waals surface area (Å²) >= 11 is 0. The third kappa shape index (κ3) is 1.51. The van der Waals surface area contributed by atoms with E-state index in [2.05, 4.69) is 42.6 Å². The fourth-order valence-electron chi connectivity index (χ4n) is 2.08. The smallest absolute Gasteiger partial charge is 0.0254 e. The second kappa shape index (κ2) is 3.18. The van der Waals surface area contributed by atoms with Crippen molar-refractivity contribution in [2.75, 3.05) is 6.54 Å². The molecule has 1 aliphatic rings. The first kappa shape index (κ1) is 8.82. The van der Waals surface area contributed by atoms with Gasteiger partial charge in [-0.1, -0.05) is 0 Å². The number of aromatic nitrogens is 1. The highest BCUT2D eigenvalue weighted by molar-refractivity contribution is 5.24. The molecule has 0 bridgehead atoms. The summed E-state index contributed by atoms with van der Waals surface area (Å²) in [5.74, 6) is 0. The van der Waals surface area contributed by atoms with Crippen LogP contribution in [0, 0.1) is 0 Å². The molecule has 0 radical (unpaired) electrons. The Balaban J connectivity index is 2.21. The Morgan fingerprint density at radius 3 is 2.85 bits per heavy atom. The van der Waals surface area contributed by atoms with E-state index in [4.69, 9.17) is 0 Å². The van der Waals surface area contributed by atoms with Gasteiger partial charge in [0.1, 0.15) is 0 Å². The molecule has 0 atom stereocenters. The fourth-order valence-corrected chi connectivity index (χ4v) is 2.08. The number of fused-ring (bicyclic) bond motifs is 1. The minimum absolute atomic E-state index is 0.674. The molecule has 0 amide bonds. The SMILES string of the molecule is CC(C)N1CCc2c(ccn2C)C1. The van der Waals surface area contributed by atoms with E-state index in [1.807, 2.05) is 0 Å². The zero-order chi connectivity index (χ0) is 9.42. The quantitative estimate of drug-likeness (QED) is 0.636. The molecule has 2 heterocycles. The van der Waals surface area contributed by atoms with E-state index in [9.17, 15) is 0 Å². The second-order valence-corrected chi connectivity index (χ2v) is 4.21. The maximum Gasteiger partial charge on any atom is 0.0254 e. The summed E-state index contributed by atoms with van der Waals surface area (Å²) in [5, 5.41) is 0. The van der Waals surface area contributed by atoms with Crippen molar-refractivity contribution in [3.63, 3.8) is 0 Å². The van der Waals surface area contributed by atoms with E-state index in [0.717, 1.165) is 6.54 Å². The van der Waals surface area contributed by atoms with Crippen LogP contribution in [0.4, 0.5) is 0 Å². The van der Waals surface area contributed by atoms with Gasteiger partial charge in [-0.05, 0) is 25.5 Å². The first-order chi connectivity index (χ1) is 6.18. The number of hydrogen-bond acceptors (Lipinski definition) is 1. The van der Waals surface area contributed by atoms with Crippen LogP contribution < -0.4 is 0 Å². The van der Waals surface area contributed by atoms with Gasteiger partial charge in [0.15, 0.2) is 0 Å². The summed E-state index contributed by atoms with van der Waals surface area (Å²) in [5.41, 5.74) is 3.04. The van der Waals surface area contributed by atoms with Gasteiger partial charge in [0.25, 0.3) is 0 Å². The molecule has 0 unspecified atom stereocenters. The lowest BCUT2D eigenvalue weighted by atomic mass is 10.1. The lowest BCUT2D eigenvalue weighted by Crippen LogP contribution is -2.36. The highest BCUT2D eigenvalue weighted by Gasteiger charge is 2.19. The van der Waals surface area contributed by atoms with Gasteiger partial charge in [-0.3, -0.25) is 4.90 Å². The lowest BCUT2D eigenvalue weighted by molar-refractivity contribution is 0.201. The Kier molecular flexibility index (Phi) is 2.16. The monoisotopic (exact) mass is 178 g/mol. The van der Waals surface area contributed by atoms with Gasteiger partial charge in [-0.25, -0.2) is 0 Å². The van der Waals surface area contributed by atoms with Crippen LogP contribution in [0.5, 0.6) is 0 Å². The third-order valence-corrected chi connectivity index (χ3v) is 3.04. The molecule has 0 aromatic carbocycles. The van der Waals surface area contributed by atoms with Crippen molar-refractivity contribution in [1.82, 2.24) is 9.47 Å². The third-order valence-electron chi connectivity index (χ3n) is 3.04. The summed E-state index contributed by atoms with van der Waals surface area (Å²) in [4.78, 5) is 2.53. The van der Waals surface area contributed by atoms with Crippen molar-refractivity contribution in [2.24, 2.45) is 7.05 Å². The molecule has 2 nitrogen and oxygen atoms in total. The topological polar surface area (TPSA) is 8.17 Å². The fraction of sp³-hybridized carbons (Fsp3) is 0.636. The zero-order valence-corrected chi connectivity index (χ0v) is 8.75. The zero-order valence-electron chi connectivity index (χ0n) is 8.75. The summed E-state index contributed by atoms with van der Waals surface area (Å²) in [6.07, 6.45) is 3.38. The number of rotatable bonds is 1. The molecule has 0 aliphatic carbocycles. The Labute approximate surface area is 80.2 Å². The second-order valence-electron chi connectivity index (χ2n) is 4.21. The average molecular weight is 178 g/mol. The summed E-state index contributed by atoms with van der Waals surface area (Å²) in [6, 6.07) is 2.93. The van der Waals surface area contributed by atoms with Crippen LogP contribution in [0.2, 0.25) is 0 Å². The van der Waals surface area contributed by atoms with Gasteiger partial charge in [0.05, 0.1) is 0 Å². The predicted molar refractivity (Wildman–Crippen MR) is 54.7 cm³/mol. The minimum atomic E-state index is 0.674. The van der Waals surface area contributed by atoms with Crippen LogP contribution in [0.1, 0.15) is 25.1 Å². The normalized spacial score (nSPS) is 17.8. The molecule has 0 N–H and O–H groups in total. The standard InChI is InChI=1S/C11H18N2/c1-9(2)13-7-5-11-10(8-13)4-6-12(11)3/h4,6,9H,5,7-8H2,1-3H3. The van der Waals surface area contributed by atoms with Gasteiger partial charge < -0.3 is 4.57 Å². The van der Waals surface area contributed by atoms with Crippen LogP contribution in [-0.4, -0.2) is 22.1 Å². The van der Waals surface area contributed by atoms with Crippen LogP contribution >= 0.6 is 0 Å². The molecule has 1 aromatic rings. The lowest BCUT2D eigenvalue weighted by Gasteiger charge is -2.30. The maximum atomic E-state index is 2.53. The average Bonchev–Trinajstić information content (AvgIpc) is 2.47. The van der Waals surface area contributed by atoms with Crippen molar-refractivity contribution in [1.29, 1.82) is 0 Å². The molecular weight excluding hydrogens is 160 g/mol. The Hall–Kier alpha value is -0.760. The molecule has 0 spiro atoms. The Morgan fingerprint density at radius 2 is 2.15 bits per heavy atom. The van der Waals surface area contributed by atoms with Gasteiger partial charge in [0, 0.05) is 44.5 Å². The van der Waals surface area contributed by atoms with Gasteiger partial charge in [-0.15, -0.1) is 0 Å². The first-order valence-corrected chi connectivity index (χ1v) is 5.05. The predicted octanol–water partition coefficient (Wildman–Crippen LogP) is 1.79. The number of aryl methyl sites for hydroxylation is 1. The van der Waals surface area contributed by atoms with Crippen LogP contribution in [0.15, 0.2) is 12.3 Å². The molecular formula is C11H18N2. The van der Waals surface area contributed by atoms with E-state index in [0.29, 0.717) is 6.04 Å². The molecule has 1 aliphatic heterocycles. The maximum absolute atomic E-state index is 2.53. The van der Waals surface area contributed by atoms with Crippen LogP contribution in [0.3, 0.4) is 0 Å². The van der Waals surface area contributed by atoms with E-state index < -0.39 is 0 Å². The molecule has 0 saturated heterocycles. The summed E-state index contributed by atoms with van der Waals surface area (Å²) < 4.78 is 2.26. The molecule has 0 fully saturated rings. The van der Waals surface area contributed by atoms with Crippen LogP contribution in [0.25, 0.3) is 0 Å². The van der Waals surface area contributed by atoms with Crippen molar-refractivity contribution in [3.05, 3.63) is 23.5 Å². The Morgan fingerprint density at radius 1 is 1.38 bits per heavy atom. The first-order valence-electron chi connectivity index (χ1n) is 5.05. The van der Waals surface area contributed by atoms with Crippen molar-refractivity contribution >= 4 is 0 Å². The largest absolute Gasteiger partial charge is 0.354 e. The van der Waals surface area contributed by atoms with Crippen LogP contribution in [-0.2, 0) is 20.0 Å². The molecule has 1 aromatic heterocycles. The summed E-state index contributed by atoms with van der Waals surface area (Å²) in [6.45, 7) is 6.89. The molecule has 13 heavy (non-hydrogen) atoms. The highest BCUT2D eigenvalue weighted by Crippen LogP contribution is 2.20. The molecule has 2 heteroatoms. The van der Waals surface area contributed by atoms with Gasteiger partial charge >= 0.3 is 0 Å². The van der Waals surface area contributed by atoms with Crippen molar-refractivity contribution in [3.8, 4) is 0 Å². The van der Waals surface area contributed by atoms with E-state index in [1.54, 1.807) is 0 Å². The molecule has 2 rings (SSSR count). The molecule has 0 saturated carbocycles. The van der Waals surface area contributed by atoms with Gasteiger partial charge in [-0.2, -0.15) is 0 Å². The number of hydrogen-bond donors (Lipinski definition) is 0. The van der Waals surface area contributed by atoms with Gasteiger partial charge in [0.2, 0.25) is 0 Å². The number of nitrogens with zero attached hydrogens (tertiary/aromatic N) is 2. The van der Waals surface area contributed by atoms with E-state index >= 15 is 0 Å². The minimum Gasteiger partial charge on any atom is -0.354 e. The highest BCUT2D eigenvalue weighted by atomic mass is 15.2. The van der Waals surface area contributed by atoms with E-state index in [1.165, 1.54) is 24.2 Å². The van der Waals surface area contributed by atoms with E-state index in [-0.39, 0.29) is 0 Å². The van der Waals surface area contributed by atoms with Crippen molar-refractivity contribution < 1.29 is 0 Å². The Bertz CT molecular complexity index is 299.